The van der Waals surface area contributed by atoms with E-state index in [0.29, 0.717) is 12.0 Å². The van der Waals surface area contributed by atoms with E-state index in [2.05, 4.69) is 11.9 Å². The highest BCUT2D eigenvalue weighted by Gasteiger charge is 2.45. The van der Waals surface area contributed by atoms with Crippen molar-refractivity contribution in [2.24, 2.45) is 5.41 Å². The van der Waals surface area contributed by atoms with E-state index >= 15 is 0 Å². The fourth-order valence-corrected chi connectivity index (χ4v) is 4.80. The molecule has 43 heavy (non-hydrogen) atoms. The summed E-state index contributed by atoms with van der Waals surface area (Å²) in [6.45, 7) is 22.1. The molecule has 0 aromatic heterocycles. The van der Waals surface area contributed by atoms with Crippen molar-refractivity contribution in [1.82, 2.24) is 15.1 Å². The van der Waals surface area contributed by atoms with Gasteiger partial charge in [-0.05, 0) is 52.0 Å². The third-order valence-corrected chi connectivity index (χ3v) is 7.21. The predicted molar refractivity (Wildman–Crippen MR) is 170 cm³/mol. The number of nitrogens with one attached hydrogen (secondary N) is 1. The predicted octanol–water partition coefficient (Wildman–Crippen LogP) is 5.64. The van der Waals surface area contributed by atoms with E-state index in [1.807, 2.05) is 65.0 Å². The molecule has 0 fully saturated rings. The monoisotopic (exact) mass is 599 g/mol. The molecule has 0 bridgehead atoms. The normalized spacial score (nSPS) is 14.6. The highest BCUT2D eigenvalue weighted by atomic mass is 16.6. The van der Waals surface area contributed by atoms with Gasteiger partial charge in [0.1, 0.15) is 17.7 Å². The first-order valence-electron chi connectivity index (χ1n) is 14.7. The van der Waals surface area contributed by atoms with Crippen LogP contribution in [0.5, 0.6) is 0 Å². The fraction of sp³-hybridized carbons (Fsp3) is 0.588. The lowest BCUT2D eigenvalue weighted by molar-refractivity contribution is -0.141. The molecule has 0 saturated heterocycles. The Morgan fingerprint density at radius 3 is 1.98 bits per heavy atom. The van der Waals surface area contributed by atoms with Crippen LogP contribution in [0.3, 0.4) is 0 Å². The second-order valence-electron chi connectivity index (χ2n) is 13.5. The van der Waals surface area contributed by atoms with Gasteiger partial charge in [0.05, 0.1) is 12.6 Å². The second kappa shape index (κ2) is 15.2. The summed E-state index contributed by atoms with van der Waals surface area (Å²) < 4.78 is 10.7. The number of hydrogen-bond acceptors (Lipinski definition) is 6. The van der Waals surface area contributed by atoms with Gasteiger partial charge in [-0.1, -0.05) is 77.1 Å². The summed E-state index contributed by atoms with van der Waals surface area (Å²) in [5, 5.41) is 2.99. The molecular weight excluding hydrogens is 546 g/mol. The van der Waals surface area contributed by atoms with Gasteiger partial charge < -0.3 is 19.7 Å². The Morgan fingerprint density at radius 2 is 1.51 bits per heavy atom. The second-order valence-corrected chi connectivity index (χ2v) is 13.5. The molecule has 3 atom stereocenters. The molecule has 0 aliphatic rings. The van der Waals surface area contributed by atoms with Crippen molar-refractivity contribution < 1.29 is 28.7 Å². The molecule has 240 valence electrons. The minimum absolute atomic E-state index is 0.237. The summed E-state index contributed by atoms with van der Waals surface area (Å²) in [7, 11) is 3.17. The van der Waals surface area contributed by atoms with E-state index in [4.69, 9.17) is 9.47 Å². The first-order chi connectivity index (χ1) is 19.7. The first kappa shape index (κ1) is 37.4. The molecule has 0 spiro atoms. The number of hydrogen-bond donors (Lipinski definition) is 1. The third-order valence-electron chi connectivity index (χ3n) is 7.21. The van der Waals surface area contributed by atoms with Crippen molar-refractivity contribution in [3.8, 4) is 0 Å². The zero-order chi connectivity index (χ0) is 33.3. The molecule has 9 nitrogen and oxygen atoms in total. The Morgan fingerprint density at radius 1 is 0.953 bits per heavy atom. The summed E-state index contributed by atoms with van der Waals surface area (Å²) in [4.78, 5) is 56.7. The maximum atomic E-state index is 14.3. The van der Waals surface area contributed by atoms with Crippen LogP contribution in [-0.2, 0) is 29.3 Å². The number of benzene rings is 1. The Kier molecular flexibility index (Phi) is 13.2. The number of carbonyl (C=O) groups excluding carboxylic acids is 4. The van der Waals surface area contributed by atoms with Crippen LogP contribution >= 0.6 is 0 Å². The quantitative estimate of drug-likeness (QED) is 0.189. The van der Waals surface area contributed by atoms with Gasteiger partial charge in [-0.25, -0.2) is 9.59 Å². The van der Waals surface area contributed by atoms with Gasteiger partial charge in [0, 0.05) is 25.1 Å². The molecule has 1 rings (SSSR count). The summed E-state index contributed by atoms with van der Waals surface area (Å²) in [5.74, 6) is -1.31. The van der Waals surface area contributed by atoms with Crippen LogP contribution in [-0.4, -0.2) is 78.1 Å². The maximum absolute atomic E-state index is 14.3. The van der Waals surface area contributed by atoms with Gasteiger partial charge in [-0.3, -0.25) is 14.5 Å². The number of amides is 3. The fourth-order valence-electron chi connectivity index (χ4n) is 4.80. The lowest BCUT2D eigenvalue weighted by atomic mass is 9.76. The van der Waals surface area contributed by atoms with Crippen LogP contribution in [0.2, 0.25) is 0 Å². The smallest absolute Gasteiger partial charge is 0.410 e. The molecule has 0 aliphatic carbocycles. The molecule has 1 aromatic carbocycles. The van der Waals surface area contributed by atoms with Crippen molar-refractivity contribution in [2.45, 2.75) is 105 Å². The number of carbonyl (C=O) groups is 4. The molecule has 1 aromatic rings. The van der Waals surface area contributed by atoms with Crippen LogP contribution in [0.1, 0.15) is 81.2 Å². The zero-order valence-electron chi connectivity index (χ0n) is 28.2. The molecule has 9 heteroatoms. The van der Waals surface area contributed by atoms with E-state index in [-0.39, 0.29) is 12.5 Å². The zero-order valence-corrected chi connectivity index (χ0v) is 28.2. The first-order valence-corrected chi connectivity index (χ1v) is 14.7. The maximum Gasteiger partial charge on any atom is 0.410 e. The summed E-state index contributed by atoms with van der Waals surface area (Å²) in [6.07, 6.45) is 3.08. The summed E-state index contributed by atoms with van der Waals surface area (Å²) in [5.41, 5.74) is -1.13. The molecule has 0 saturated carbocycles. The Balaban J connectivity index is 3.56. The minimum Gasteiger partial charge on any atom is -0.463 e. The van der Waals surface area contributed by atoms with Crippen LogP contribution in [0, 0.1) is 5.41 Å². The lowest BCUT2D eigenvalue weighted by Gasteiger charge is -2.42. The van der Waals surface area contributed by atoms with Gasteiger partial charge in [0.25, 0.3) is 0 Å². The SMILES string of the molecule is C=CC[C@@H](/C=C(\C)C(=O)OCC)N(C)C(=O)C(NC(=O)C(N(C)C(=O)OC(C)(C)C)C(C)(C)c1ccccc1)C(C)(C)C. The highest BCUT2D eigenvalue weighted by molar-refractivity contribution is 5.93. The number of likely N-dealkylation sites (N-methyl/N-ethyl adjacent to an activating group) is 2. The largest absolute Gasteiger partial charge is 0.463 e. The average molecular weight is 600 g/mol. The van der Waals surface area contributed by atoms with Crippen molar-refractivity contribution in [3.05, 3.63) is 60.2 Å². The number of nitrogens with zero attached hydrogens (tertiary/aromatic N) is 2. The van der Waals surface area contributed by atoms with E-state index < -0.39 is 52.5 Å². The van der Waals surface area contributed by atoms with Gasteiger partial charge in [-0.15, -0.1) is 6.58 Å². The van der Waals surface area contributed by atoms with Gasteiger partial charge >= 0.3 is 12.1 Å². The van der Waals surface area contributed by atoms with Gasteiger partial charge in [0.2, 0.25) is 11.8 Å². The molecule has 3 amide bonds. The molecule has 0 radical (unpaired) electrons. The molecule has 2 unspecified atom stereocenters. The highest BCUT2D eigenvalue weighted by Crippen LogP contribution is 2.32. The Labute approximate surface area is 258 Å². The van der Waals surface area contributed by atoms with E-state index in [1.54, 1.807) is 53.8 Å². The van der Waals surface area contributed by atoms with Crippen molar-refractivity contribution in [3.63, 3.8) is 0 Å². The lowest BCUT2D eigenvalue weighted by Crippen LogP contribution is -2.63. The van der Waals surface area contributed by atoms with E-state index in [1.165, 1.54) is 16.8 Å². The standard InChI is InChI=1S/C34H53N3O6/c1-14-19-25(22-23(3)30(40)42-15-2)36(12)29(39)26(32(4,5)6)35-28(38)27(37(13)31(41)43-33(7,8)9)34(10,11)24-20-17-16-18-21-24/h14,16-18,20-22,25-27H,1,15,19H2,2-13H3,(H,35,38)/b23-22+/t25-,26?,27?/m0/s1. The summed E-state index contributed by atoms with van der Waals surface area (Å²) in [6, 6.07) is 6.95. The average Bonchev–Trinajstić information content (AvgIpc) is 2.89. The van der Waals surface area contributed by atoms with E-state index in [9.17, 15) is 19.2 Å². The number of ether oxygens (including phenoxy) is 2. The minimum atomic E-state index is -1.03. The Hall–Kier alpha value is -3.62. The van der Waals surface area contributed by atoms with Crippen LogP contribution < -0.4 is 5.32 Å². The topological polar surface area (TPSA) is 105 Å². The van der Waals surface area contributed by atoms with Crippen LogP contribution in [0.15, 0.2) is 54.6 Å². The molecular formula is C34H53N3O6. The van der Waals surface area contributed by atoms with Crippen molar-refractivity contribution >= 4 is 23.9 Å². The van der Waals surface area contributed by atoms with Crippen LogP contribution in [0.4, 0.5) is 4.79 Å². The third kappa shape index (κ3) is 10.6. The van der Waals surface area contributed by atoms with Crippen molar-refractivity contribution in [2.75, 3.05) is 20.7 Å². The van der Waals surface area contributed by atoms with E-state index in [0.717, 1.165) is 5.56 Å². The van der Waals surface area contributed by atoms with Crippen molar-refractivity contribution in [1.29, 1.82) is 0 Å². The molecule has 1 N–H and O–H groups in total. The van der Waals surface area contributed by atoms with Crippen LogP contribution in [0.25, 0.3) is 0 Å². The summed E-state index contributed by atoms with van der Waals surface area (Å²) >= 11 is 0. The number of esters is 1. The number of rotatable bonds is 12. The van der Waals surface area contributed by atoms with Gasteiger partial charge in [-0.2, -0.15) is 0 Å². The molecule has 0 aliphatic heterocycles. The molecule has 0 heterocycles. The van der Waals surface area contributed by atoms with Gasteiger partial charge in [0.15, 0.2) is 0 Å². The Bertz CT molecular complexity index is 1160.